The average molecular weight is 565 g/mol. The molecule has 0 unspecified atom stereocenters. The molecule has 1 aliphatic rings. The number of guanidine groups is 1. The van der Waals surface area contributed by atoms with E-state index in [2.05, 4.69) is 20.6 Å². The van der Waals surface area contributed by atoms with E-state index in [0.717, 1.165) is 6.07 Å². The smallest absolute Gasteiger partial charge is 0.421 e. The van der Waals surface area contributed by atoms with Crippen LogP contribution in [0.2, 0.25) is 0 Å². The van der Waals surface area contributed by atoms with Gasteiger partial charge in [-0.25, -0.2) is 17.7 Å². The van der Waals surface area contributed by atoms with Crippen LogP contribution in [0.1, 0.15) is 25.3 Å². The van der Waals surface area contributed by atoms with Crippen LogP contribution in [0.4, 0.5) is 13.2 Å². The summed E-state index contributed by atoms with van der Waals surface area (Å²) in [6, 6.07) is 2.18. The SMILES string of the molecule is CCS(=O)(=O)N1CCC(NC(=NC)NCCOc2ncccc2C(F)(F)F)CC1.I. The van der Waals surface area contributed by atoms with Gasteiger partial charge in [0.2, 0.25) is 15.9 Å². The lowest BCUT2D eigenvalue weighted by Crippen LogP contribution is -2.50. The van der Waals surface area contributed by atoms with Crippen molar-refractivity contribution in [3.05, 3.63) is 23.9 Å². The number of ether oxygens (including phenoxy) is 1. The number of pyridine rings is 1. The molecule has 0 saturated carbocycles. The highest BCUT2D eigenvalue weighted by Crippen LogP contribution is 2.34. The van der Waals surface area contributed by atoms with Crippen molar-refractivity contribution in [1.82, 2.24) is 19.9 Å². The van der Waals surface area contributed by atoms with Crippen LogP contribution in [0, 0.1) is 0 Å². The van der Waals surface area contributed by atoms with Gasteiger partial charge in [0, 0.05) is 32.4 Å². The second-order valence-corrected chi connectivity index (χ2v) is 8.68. The number of hydrogen-bond acceptors (Lipinski definition) is 5. The molecular weight excluding hydrogens is 538 g/mol. The summed E-state index contributed by atoms with van der Waals surface area (Å²) in [6.07, 6.45) is -2.02. The number of rotatable bonds is 7. The van der Waals surface area contributed by atoms with E-state index in [-0.39, 0.29) is 48.9 Å². The second-order valence-electron chi connectivity index (χ2n) is 6.42. The molecule has 1 aliphatic heterocycles. The van der Waals surface area contributed by atoms with Crippen molar-refractivity contribution in [1.29, 1.82) is 0 Å². The van der Waals surface area contributed by atoms with Gasteiger partial charge in [-0.1, -0.05) is 0 Å². The molecule has 0 aromatic carbocycles. The molecule has 2 rings (SSSR count). The van der Waals surface area contributed by atoms with Crippen molar-refractivity contribution in [2.24, 2.45) is 4.99 Å². The first-order chi connectivity index (χ1) is 13.7. The number of nitrogens with one attached hydrogen (secondary N) is 2. The number of alkyl halides is 3. The molecule has 30 heavy (non-hydrogen) atoms. The maximum atomic E-state index is 12.9. The highest BCUT2D eigenvalue weighted by atomic mass is 127. The van der Waals surface area contributed by atoms with Crippen LogP contribution in [-0.2, 0) is 16.2 Å². The number of hydrogen-bond donors (Lipinski definition) is 2. The van der Waals surface area contributed by atoms with Crippen molar-refractivity contribution in [3.8, 4) is 5.88 Å². The minimum absolute atomic E-state index is 0. The Morgan fingerprint density at radius 1 is 1.37 bits per heavy atom. The van der Waals surface area contributed by atoms with Crippen LogP contribution in [0.15, 0.2) is 23.3 Å². The van der Waals surface area contributed by atoms with E-state index in [1.165, 1.54) is 16.6 Å². The van der Waals surface area contributed by atoms with Crippen molar-refractivity contribution >= 4 is 40.0 Å². The number of aliphatic imine (C=N–C) groups is 1. The quantitative estimate of drug-likeness (QED) is 0.228. The number of piperidine rings is 1. The molecule has 1 aromatic heterocycles. The fourth-order valence-electron chi connectivity index (χ4n) is 2.89. The van der Waals surface area contributed by atoms with Gasteiger partial charge in [0.1, 0.15) is 12.2 Å². The Balaban J connectivity index is 0.00000450. The van der Waals surface area contributed by atoms with E-state index in [0.29, 0.717) is 31.9 Å². The molecular formula is C17H27F3IN5O3S. The number of aromatic nitrogens is 1. The van der Waals surface area contributed by atoms with Crippen molar-refractivity contribution in [3.63, 3.8) is 0 Å². The highest BCUT2D eigenvalue weighted by molar-refractivity contribution is 14.0. The zero-order chi connectivity index (χ0) is 21.5. The number of halogens is 4. The van der Waals surface area contributed by atoms with E-state index in [1.807, 2.05) is 0 Å². The summed E-state index contributed by atoms with van der Waals surface area (Å²) in [5, 5.41) is 6.17. The van der Waals surface area contributed by atoms with Crippen LogP contribution in [0.3, 0.4) is 0 Å². The standard InChI is InChI=1S/C17H26F3N5O3S.HI/c1-3-29(26,27)25-10-6-13(7-11-25)24-16(21-2)23-9-12-28-15-14(17(18,19)20)5-4-8-22-15;/h4-5,8,13H,3,6-7,9-12H2,1-2H3,(H2,21,23,24);1H. The topological polar surface area (TPSA) is 95.9 Å². The minimum atomic E-state index is -4.53. The molecule has 0 bridgehead atoms. The molecule has 172 valence electrons. The maximum absolute atomic E-state index is 12.9. The summed E-state index contributed by atoms with van der Waals surface area (Å²) in [5.41, 5.74) is -0.920. The number of sulfonamides is 1. The lowest BCUT2D eigenvalue weighted by molar-refractivity contribution is -0.139. The summed E-state index contributed by atoms with van der Waals surface area (Å²) in [7, 11) is -1.60. The first-order valence-electron chi connectivity index (χ1n) is 9.27. The Hall–Kier alpha value is -1.35. The minimum Gasteiger partial charge on any atom is -0.475 e. The largest absolute Gasteiger partial charge is 0.475 e. The van der Waals surface area contributed by atoms with E-state index < -0.39 is 27.6 Å². The van der Waals surface area contributed by atoms with Gasteiger partial charge in [-0.05, 0) is 31.9 Å². The maximum Gasteiger partial charge on any atom is 0.421 e. The second kappa shape index (κ2) is 11.9. The molecule has 0 aliphatic carbocycles. The molecule has 0 atom stereocenters. The summed E-state index contributed by atoms with van der Waals surface area (Å²) >= 11 is 0. The Labute approximate surface area is 191 Å². The predicted octanol–water partition coefficient (Wildman–Crippen LogP) is 2.08. The van der Waals surface area contributed by atoms with Crippen LogP contribution in [-0.4, -0.2) is 68.8 Å². The molecule has 13 heteroatoms. The molecule has 2 heterocycles. The fraction of sp³-hybridized carbons (Fsp3) is 0.647. The average Bonchev–Trinajstić information content (AvgIpc) is 2.70. The van der Waals surface area contributed by atoms with Crippen LogP contribution in [0.25, 0.3) is 0 Å². The van der Waals surface area contributed by atoms with Gasteiger partial charge < -0.3 is 15.4 Å². The molecule has 1 aromatic rings. The molecule has 8 nitrogen and oxygen atoms in total. The third kappa shape index (κ3) is 7.72. The molecule has 2 N–H and O–H groups in total. The van der Waals surface area contributed by atoms with Crippen molar-refractivity contribution in [2.45, 2.75) is 32.0 Å². The Morgan fingerprint density at radius 2 is 2.03 bits per heavy atom. The third-order valence-corrected chi connectivity index (χ3v) is 6.37. The zero-order valence-electron chi connectivity index (χ0n) is 16.8. The summed E-state index contributed by atoms with van der Waals surface area (Å²) in [4.78, 5) is 7.72. The van der Waals surface area contributed by atoms with Gasteiger partial charge in [0.05, 0.1) is 12.3 Å². The lowest BCUT2D eigenvalue weighted by atomic mass is 10.1. The van der Waals surface area contributed by atoms with Gasteiger partial charge in [-0.2, -0.15) is 13.2 Å². The van der Waals surface area contributed by atoms with E-state index in [9.17, 15) is 21.6 Å². The first kappa shape index (κ1) is 26.7. The van der Waals surface area contributed by atoms with Gasteiger partial charge in [-0.15, -0.1) is 24.0 Å². The van der Waals surface area contributed by atoms with Crippen LogP contribution < -0.4 is 15.4 Å². The molecule has 0 radical (unpaired) electrons. The summed E-state index contributed by atoms with van der Waals surface area (Å²) < 4.78 is 69.2. The van der Waals surface area contributed by atoms with Crippen molar-refractivity contribution < 1.29 is 26.3 Å². The normalized spacial score (nSPS) is 16.6. The predicted molar refractivity (Wildman–Crippen MR) is 119 cm³/mol. The highest BCUT2D eigenvalue weighted by Gasteiger charge is 2.35. The Morgan fingerprint density at radius 3 is 2.60 bits per heavy atom. The lowest BCUT2D eigenvalue weighted by Gasteiger charge is -2.32. The third-order valence-electron chi connectivity index (χ3n) is 4.49. The summed E-state index contributed by atoms with van der Waals surface area (Å²) in [5.74, 6) is 0.0948. The van der Waals surface area contributed by atoms with Gasteiger partial charge in [0.15, 0.2) is 5.96 Å². The van der Waals surface area contributed by atoms with E-state index in [4.69, 9.17) is 4.74 Å². The van der Waals surface area contributed by atoms with Crippen LogP contribution in [0.5, 0.6) is 5.88 Å². The molecule has 1 saturated heterocycles. The number of nitrogens with zero attached hydrogens (tertiary/aromatic N) is 3. The zero-order valence-corrected chi connectivity index (χ0v) is 19.9. The molecule has 1 fully saturated rings. The fourth-order valence-corrected chi connectivity index (χ4v) is 4.02. The summed E-state index contributed by atoms with van der Waals surface area (Å²) in [6.45, 7) is 2.68. The monoisotopic (exact) mass is 565 g/mol. The van der Waals surface area contributed by atoms with Gasteiger partial charge in [0.25, 0.3) is 0 Å². The molecule has 0 amide bonds. The van der Waals surface area contributed by atoms with Gasteiger partial charge >= 0.3 is 6.18 Å². The van der Waals surface area contributed by atoms with Crippen molar-refractivity contribution in [2.75, 3.05) is 39.0 Å². The first-order valence-corrected chi connectivity index (χ1v) is 10.9. The molecule has 0 spiro atoms. The van der Waals surface area contributed by atoms with E-state index in [1.54, 1.807) is 14.0 Å². The Bertz CT molecular complexity index is 800. The van der Waals surface area contributed by atoms with E-state index >= 15 is 0 Å². The Kier molecular flexibility index (Phi) is 10.6. The van der Waals surface area contributed by atoms with Gasteiger partial charge in [-0.3, -0.25) is 4.99 Å². The van der Waals surface area contributed by atoms with Crippen LogP contribution >= 0.6 is 24.0 Å².